The van der Waals surface area contributed by atoms with E-state index in [-0.39, 0.29) is 0 Å². The highest BCUT2D eigenvalue weighted by Crippen LogP contribution is 2.39. The predicted octanol–water partition coefficient (Wildman–Crippen LogP) is 2.84. The van der Waals surface area contributed by atoms with Crippen LogP contribution in [0.25, 0.3) is 0 Å². The van der Waals surface area contributed by atoms with E-state index in [1.54, 1.807) is 11.1 Å². The first kappa shape index (κ1) is 16.0. The highest BCUT2D eigenvalue weighted by atomic mass is 15.2. The maximum Gasteiger partial charge on any atom is 0.0351 e. The molecule has 3 heteroatoms. The molecule has 1 aromatic carbocycles. The van der Waals surface area contributed by atoms with Crippen molar-refractivity contribution in [1.82, 2.24) is 9.80 Å². The van der Waals surface area contributed by atoms with Crippen LogP contribution in [-0.2, 0) is 0 Å². The summed E-state index contributed by atoms with van der Waals surface area (Å²) in [4.78, 5) is 4.99. The van der Waals surface area contributed by atoms with Gasteiger partial charge in [-0.3, -0.25) is 4.90 Å². The molecule has 2 saturated heterocycles. The zero-order valence-electron chi connectivity index (χ0n) is 14.2. The van der Waals surface area contributed by atoms with Gasteiger partial charge in [-0.2, -0.15) is 0 Å². The molecule has 0 saturated carbocycles. The average molecular weight is 301 g/mol. The summed E-state index contributed by atoms with van der Waals surface area (Å²) in [7, 11) is 4.52. The van der Waals surface area contributed by atoms with Gasteiger partial charge in [-0.25, -0.2) is 0 Å². The highest BCUT2D eigenvalue weighted by molar-refractivity contribution is 5.34. The van der Waals surface area contributed by atoms with Gasteiger partial charge in [0, 0.05) is 12.6 Å². The lowest BCUT2D eigenvalue weighted by Gasteiger charge is -2.26. The molecule has 0 aliphatic carbocycles. The van der Waals surface area contributed by atoms with Gasteiger partial charge in [0.2, 0.25) is 0 Å². The maximum atomic E-state index is 5.92. The van der Waals surface area contributed by atoms with Crippen molar-refractivity contribution in [3.63, 3.8) is 0 Å². The van der Waals surface area contributed by atoms with Gasteiger partial charge < -0.3 is 10.6 Å². The largest absolute Gasteiger partial charge is 0.330 e. The zero-order valence-corrected chi connectivity index (χ0v) is 14.2. The van der Waals surface area contributed by atoms with Gasteiger partial charge >= 0.3 is 0 Å². The monoisotopic (exact) mass is 301 g/mol. The van der Waals surface area contributed by atoms with Gasteiger partial charge in [0.25, 0.3) is 0 Å². The van der Waals surface area contributed by atoms with Crippen LogP contribution >= 0.6 is 0 Å². The summed E-state index contributed by atoms with van der Waals surface area (Å²) < 4.78 is 0. The smallest absolute Gasteiger partial charge is 0.0351 e. The van der Waals surface area contributed by atoms with Crippen LogP contribution in [0.1, 0.15) is 48.8 Å². The molecule has 2 heterocycles. The molecule has 122 valence electrons. The van der Waals surface area contributed by atoms with E-state index in [2.05, 4.69) is 48.2 Å². The van der Waals surface area contributed by atoms with E-state index in [1.165, 1.54) is 38.8 Å². The summed E-state index contributed by atoms with van der Waals surface area (Å²) in [5.41, 5.74) is 9.09. The standard InChI is InChI=1S/C19H31N3/c1-21-10-5-6-16(9-11-21)17-7-3-4-8-18(17)19-12-15(13-20)14-22(19)2/h3-4,7-8,15-16,19H,5-6,9-14,20H2,1-2H3. The maximum absolute atomic E-state index is 5.92. The van der Waals surface area contributed by atoms with Crippen LogP contribution in [0.4, 0.5) is 0 Å². The Labute approximate surface area is 135 Å². The van der Waals surface area contributed by atoms with Crippen molar-refractivity contribution in [2.24, 2.45) is 11.7 Å². The molecule has 0 amide bonds. The second-order valence-electron chi connectivity index (χ2n) is 7.35. The van der Waals surface area contributed by atoms with Gasteiger partial charge in [-0.15, -0.1) is 0 Å². The highest BCUT2D eigenvalue weighted by Gasteiger charge is 2.32. The first-order valence-corrected chi connectivity index (χ1v) is 8.86. The second-order valence-corrected chi connectivity index (χ2v) is 7.35. The fraction of sp³-hybridized carbons (Fsp3) is 0.684. The fourth-order valence-electron chi connectivity index (χ4n) is 4.38. The zero-order chi connectivity index (χ0) is 15.5. The summed E-state index contributed by atoms with van der Waals surface area (Å²) in [5, 5.41) is 0. The van der Waals surface area contributed by atoms with E-state index in [9.17, 15) is 0 Å². The Morgan fingerprint density at radius 2 is 1.86 bits per heavy atom. The van der Waals surface area contributed by atoms with Crippen molar-refractivity contribution in [1.29, 1.82) is 0 Å². The molecule has 2 aliphatic heterocycles. The van der Waals surface area contributed by atoms with Crippen molar-refractivity contribution in [2.75, 3.05) is 40.3 Å². The molecule has 2 aliphatic rings. The van der Waals surface area contributed by atoms with E-state index in [4.69, 9.17) is 5.73 Å². The van der Waals surface area contributed by atoms with Crippen LogP contribution < -0.4 is 5.73 Å². The molecule has 2 fully saturated rings. The van der Waals surface area contributed by atoms with Crippen LogP contribution in [0.15, 0.2) is 24.3 Å². The van der Waals surface area contributed by atoms with E-state index >= 15 is 0 Å². The predicted molar refractivity (Wildman–Crippen MR) is 93.1 cm³/mol. The minimum atomic E-state index is 0.561. The van der Waals surface area contributed by atoms with Crippen molar-refractivity contribution in [2.45, 2.75) is 37.6 Å². The summed E-state index contributed by atoms with van der Waals surface area (Å²) in [6.07, 6.45) is 5.17. The van der Waals surface area contributed by atoms with E-state index in [0.29, 0.717) is 12.0 Å². The Kier molecular flexibility index (Phi) is 5.17. The van der Waals surface area contributed by atoms with Crippen LogP contribution in [-0.4, -0.2) is 50.1 Å². The van der Waals surface area contributed by atoms with Gasteiger partial charge in [-0.1, -0.05) is 24.3 Å². The number of benzene rings is 1. The number of hydrogen-bond acceptors (Lipinski definition) is 3. The molecular weight excluding hydrogens is 270 g/mol. The van der Waals surface area contributed by atoms with Gasteiger partial charge in [0.05, 0.1) is 0 Å². The van der Waals surface area contributed by atoms with E-state index in [1.807, 2.05) is 0 Å². The molecule has 3 rings (SSSR count). The summed E-state index contributed by atoms with van der Waals surface area (Å²) in [6.45, 7) is 4.43. The summed E-state index contributed by atoms with van der Waals surface area (Å²) >= 11 is 0. The molecule has 22 heavy (non-hydrogen) atoms. The fourth-order valence-corrected chi connectivity index (χ4v) is 4.38. The SMILES string of the molecule is CN1CCCC(c2ccccc2C2CC(CN)CN2C)CC1. The number of rotatable bonds is 3. The Hall–Kier alpha value is -0.900. The Bertz CT molecular complexity index is 487. The molecular formula is C19H31N3. The van der Waals surface area contributed by atoms with Crippen LogP contribution in [0.5, 0.6) is 0 Å². The minimum Gasteiger partial charge on any atom is -0.330 e. The van der Waals surface area contributed by atoms with Gasteiger partial charge in [0.1, 0.15) is 0 Å². The van der Waals surface area contributed by atoms with Crippen molar-refractivity contribution < 1.29 is 0 Å². The topological polar surface area (TPSA) is 32.5 Å². The van der Waals surface area contributed by atoms with Crippen molar-refractivity contribution in [3.05, 3.63) is 35.4 Å². The molecule has 0 aromatic heterocycles. The molecule has 0 radical (unpaired) electrons. The molecule has 1 aromatic rings. The van der Waals surface area contributed by atoms with Crippen molar-refractivity contribution in [3.8, 4) is 0 Å². The number of likely N-dealkylation sites (tertiary alicyclic amines) is 2. The van der Waals surface area contributed by atoms with Gasteiger partial charge in [0.15, 0.2) is 0 Å². The molecule has 3 nitrogen and oxygen atoms in total. The lowest BCUT2D eigenvalue weighted by Crippen LogP contribution is -2.21. The molecule has 3 unspecified atom stereocenters. The Morgan fingerprint density at radius 1 is 1.09 bits per heavy atom. The quantitative estimate of drug-likeness (QED) is 0.932. The van der Waals surface area contributed by atoms with Crippen LogP contribution in [0.3, 0.4) is 0 Å². The first-order valence-electron chi connectivity index (χ1n) is 8.86. The normalized spacial score (nSPS) is 31.3. The number of hydrogen-bond donors (Lipinski definition) is 1. The average Bonchev–Trinajstić information content (AvgIpc) is 2.77. The van der Waals surface area contributed by atoms with E-state index < -0.39 is 0 Å². The minimum absolute atomic E-state index is 0.561. The molecule has 0 spiro atoms. The van der Waals surface area contributed by atoms with E-state index in [0.717, 1.165) is 19.0 Å². The molecule has 0 bridgehead atoms. The Morgan fingerprint density at radius 3 is 2.59 bits per heavy atom. The third kappa shape index (κ3) is 3.37. The lowest BCUT2D eigenvalue weighted by molar-refractivity contribution is 0.310. The summed E-state index contributed by atoms with van der Waals surface area (Å²) in [5.74, 6) is 1.38. The molecule has 2 N–H and O–H groups in total. The third-order valence-electron chi connectivity index (χ3n) is 5.71. The number of nitrogens with zero attached hydrogens (tertiary/aromatic N) is 2. The lowest BCUT2D eigenvalue weighted by atomic mass is 9.85. The van der Waals surface area contributed by atoms with Gasteiger partial charge in [-0.05, 0) is 82.4 Å². The van der Waals surface area contributed by atoms with Crippen molar-refractivity contribution >= 4 is 0 Å². The summed E-state index contributed by atoms with van der Waals surface area (Å²) in [6, 6.07) is 9.75. The molecule has 3 atom stereocenters. The first-order chi connectivity index (χ1) is 10.7. The Balaban J connectivity index is 1.83. The van der Waals surface area contributed by atoms with Crippen LogP contribution in [0.2, 0.25) is 0 Å². The number of nitrogens with two attached hydrogens (primary N) is 1. The third-order valence-corrected chi connectivity index (χ3v) is 5.71. The van der Waals surface area contributed by atoms with Crippen LogP contribution in [0, 0.1) is 5.92 Å². The second kappa shape index (κ2) is 7.12.